The summed E-state index contributed by atoms with van der Waals surface area (Å²) in [5.74, 6) is -1.03. The third-order valence-electron chi connectivity index (χ3n) is 2.77. The van der Waals surface area contributed by atoms with Crippen molar-refractivity contribution in [1.29, 1.82) is 0 Å². The lowest BCUT2D eigenvalue weighted by atomic mass is 10.3. The number of nitrogens with one attached hydrogen (secondary N) is 1. The van der Waals surface area contributed by atoms with E-state index in [1.807, 2.05) is 24.4 Å². The van der Waals surface area contributed by atoms with Gasteiger partial charge in [0.1, 0.15) is 5.75 Å². The molecule has 1 heterocycles. The lowest BCUT2D eigenvalue weighted by Gasteiger charge is -2.12. The van der Waals surface area contributed by atoms with Crippen LogP contribution in [0, 0.1) is 0 Å². The van der Waals surface area contributed by atoms with Crippen molar-refractivity contribution < 1.29 is 13.2 Å². The Morgan fingerprint density at radius 3 is 2.50 bits per heavy atom. The van der Waals surface area contributed by atoms with E-state index in [9.17, 15) is 13.2 Å². The third-order valence-corrected chi connectivity index (χ3v) is 5.46. The van der Waals surface area contributed by atoms with E-state index in [0.29, 0.717) is 0 Å². The number of carbonyl (C=O) groups excluding carboxylic acids is 1. The quantitative estimate of drug-likeness (QED) is 0.922. The highest BCUT2D eigenvalue weighted by Crippen LogP contribution is 2.18. The van der Waals surface area contributed by atoms with E-state index in [2.05, 4.69) is 5.32 Å². The second-order valence-electron chi connectivity index (χ2n) is 4.38. The van der Waals surface area contributed by atoms with Gasteiger partial charge in [-0.25, -0.2) is 8.42 Å². The van der Waals surface area contributed by atoms with Crippen LogP contribution in [-0.4, -0.2) is 20.1 Å². The number of benzene rings is 1. The molecule has 1 aromatic heterocycles. The van der Waals surface area contributed by atoms with E-state index >= 15 is 0 Å². The molecule has 6 heteroatoms. The number of rotatable bonds is 5. The molecular formula is C14H15NO3S2. The summed E-state index contributed by atoms with van der Waals surface area (Å²) in [7, 11) is -3.58. The van der Waals surface area contributed by atoms with Gasteiger partial charge in [-0.15, -0.1) is 11.3 Å². The second-order valence-corrected chi connectivity index (χ2v) is 7.35. The van der Waals surface area contributed by atoms with Gasteiger partial charge in [0.15, 0.2) is 9.84 Å². The van der Waals surface area contributed by atoms with E-state index in [-0.39, 0.29) is 10.9 Å². The minimum atomic E-state index is -3.58. The summed E-state index contributed by atoms with van der Waals surface area (Å²) in [5.41, 5.74) is 0. The molecule has 1 N–H and O–H groups in total. The van der Waals surface area contributed by atoms with Gasteiger partial charge < -0.3 is 5.32 Å². The molecule has 0 aliphatic carbocycles. The van der Waals surface area contributed by atoms with Crippen molar-refractivity contribution in [1.82, 2.24) is 5.32 Å². The predicted molar refractivity (Wildman–Crippen MR) is 79.4 cm³/mol. The predicted octanol–water partition coefficient (Wildman–Crippen LogP) is 2.40. The maximum atomic E-state index is 12.1. The maximum absolute atomic E-state index is 12.1. The molecule has 0 fully saturated rings. The van der Waals surface area contributed by atoms with Crippen LogP contribution in [-0.2, 0) is 14.6 Å². The smallest absolute Gasteiger partial charge is 0.236 e. The van der Waals surface area contributed by atoms with Crippen LogP contribution in [0.15, 0.2) is 52.7 Å². The summed E-state index contributed by atoms with van der Waals surface area (Å²) in [6.07, 6.45) is 0. The molecule has 20 heavy (non-hydrogen) atoms. The van der Waals surface area contributed by atoms with E-state index in [0.717, 1.165) is 4.88 Å². The lowest BCUT2D eigenvalue weighted by molar-refractivity contribution is -0.119. The number of carbonyl (C=O) groups is 1. The summed E-state index contributed by atoms with van der Waals surface area (Å²) in [6, 6.07) is 11.6. The van der Waals surface area contributed by atoms with Crippen molar-refractivity contribution in [2.75, 3.05) is 5.75 Å². The summed E-state index contributed by atoms with van der Waals surface area (Å²) in [6.45, 7) is 1.83. The minimum Gasteiger partial charge on any atom is -0.348 e. The molecule has 0 bridgehead atoms. The topological polar surface area (TPSA) is 63.2 Å². The third kappa shape index (κ3) is 3.68. The van der Waals surface area contributed by atoms with Crippen molar-refractivity contribution in [3.05, 3.63) is 52.7 Å². The molecule has 1 aromatic carbocycles. The van der Waals surface area contributed by atoms with E-state index in [4.69, 9.17) is 0 Å². The normalized spacial score (nSPS) is 12.8. The van der Waals surface area contributed by atoms with Gasteiger partial charge in [0.25, 0.3) is 0 Å². The van der Waals surface area contributed by atoms with Gasteiger partial charge in [0.05, 0.1) is 10.9 Å². The zero-order valence-corrected chi connectivity index (χ0v) is 12.6. The Bertz CT molecular complexity index is 664. The van der Waals surface area contributed by atoms with Crippen LogP contribution in [0.4, 0.5) is 0 Å². The first-order valence-corrected chi connectivity index (χ1v) is 8.63. The van der Waals surface area contributed by atoms with Crippen LogP contribution in [0.25, 0.3) is 0 Å². The second kappa shape index (κ2) is 6.19. The number of amides is 1. The summed E-state index contributed by atoms with van der Waals surface area (Å²) in [5, 5.41) is 4.62. The molecule has 0 saturated carbocycles. The molecule has 1 unspecified atom stereocenters. The fourth-order valence-corrected chi connectivity index (χ4v) is 3.68. The first-order chi connectivity index (χ1) is 9.49. The van der Waals surface area contributed by atoms with E-state index < -0.39 is 21.5 Å². The summed E-state index contributed by atoms with van der Waals surface area (Å²) >= 11 is 1.52. The lowest BCUT2D eigenvalue weighted by Crippen LogP contribution is -2.32. The van der Waals surface area contributed by atoms with Gasteiger partial charge in [-0.1, -0.05) is 24.3 Å². The van der Waals surface area contributed by atoms with Crippen molar-refractivity contribution in [3.63, 3.8) is 0 Å². The molecule has 0 spiro atoms. The van der Waals surface area contributed by atoms with Gasteiger partial charge in [0, 0.05) is 4.88 Å². The zero-order valence-electron chi connectivity index (χ0n) is 10.9. The molecule has 2 rings (SSSR count). The SMILES string of the molecule is CC(NC(=O)CS(=O)(=O)c1ccccc1)c1cccs1. The highest BCUT2D eigenvalue weighted by atomic mass is 32.2. The molecule has 1 atom stereocenters. The number of thiophene rings is 1. The van der Waals surface area contributed by atoms with Crippen LogP contribution in [0.1, 0.15) is 17.8 Å². The van der Waals surface area contributed by atoms with Gasteiger partial charge >= 0.3 is 0 Å². The molecule has 1 amide bonds. The van der Waals surface area contributed by atoms with Crippen molar-refractivity contribution in [2.24, 2.45) is 0 Å². The average Bonchev–Trinajstić information content (AvgIpc) is 2.93. The van der Waals surface area contributed by atoms with E-state index in [1.54, 1.807) is 18.2 Å². The van der Waals surface area contributed by atoms with Gasteiger partial charge in [-0.2, -0.15) is 0 Å². The Morgan fingerprint density at radius 1 is 1.20 bits per heavy atom. The largest absolute Gasteiger partial charge is 0.348 e. The van der Waals surface area contributed by atoms with Crippen LogP contribution in [0.2, 0.25) is 0 Å². The average molecular weight is 309 g/mol. The van der Waals surface area contributed by atoms with Gasteiger partial charge in [-0.05, 0) is 30.5 Å². The molecule has 0 saturated heterocycles. The monoisotopic (exact) mass is 309 g/mol. The molecule has 106 valence electrons. The Morgan fingerprint density at radius 2 is 1.90 bits per heavy atom. The zero-order chi connectivity index (χ0) is 14.6. The fourth-order valence-electron chi connectivity index (χ4n) is 1.78. The van der Waals surface area contributed by atoms with Crippen LogP contribution >= 0.6 is 11.3 Å². The Kier molecular flexibility index (Phi) is 4.57. The summed E-state index contributed by atoms with van der Waals surface area (Å²) in [4.78, 5) is 13.0. The minimum absolute atomic E-state index is 0.166. The van der Waals surface area contributed by atoms with Crippen molar-refractivity contribution in [2.45, 2.75) is 17.9 Å². The van der Waals surface area contributed by atoms with Gasteiger partial charge in [-0.3, -0.25) is 4.79 Å². The van der Waals surface area contributed by atoms with Crippen molar-refractivity contribution >= 4 is 27.1 Å². The first kappa shape index (κ1) is 14.7. The van der Waals surface area contributed by atoms with Crippen LogP contribution < -0.4 is 5.32 Å². The molecule has 4 nitrogen and oxygen atoms in total. The van der Waals surface area contributed by atoms with E-state index in [1.165, 1.54) is 23.5 Å². The highest BCUT2D eigenvalue weighted by molar-refractivity contribution is 7.92. The number of sulfone groups is 1. The van der Waals surface area contributed by atoms with Crippen LogP contribution in [0.3, 0.4) is 0 Å². The molecule has 0 aliphatic rings. The number of hydrogen-bond donors (Lipinski definition) is 1. The first-order valence-electron chi connectivity index (χ1n) is 6.09. The molecular weight excluding hydrogens is 294 g/mol. The molecule has 2 aromatic rings. The Balaban J connectivity index is 2.01. The van der Waals surface area contributed by atoms with Crippen LogP contribution in [0.5, 0.6) is 0 Å². The van der Waals surface area contributed by atoms with Gasteiger partial charge in [0.2, 0.25) is 5.91 Å². The Labute approximate surface area is 122 Å². The fraction of sp³-hybridized carbons (Fsp3) is 0.214. The molecule has 0 aliphatic heterocycles. The Hall–Kier alpha value is -1.66. The maximum Gasteiger partial charge on any atom is 0.236 e. The number of hydrogen-bond acceptors (Lipinski definition) is 4. The standard InChI is InChI=1S/C14H15NO3S2/c1-11(13-8-5-9-19-13)15-14(16)10-20(17,18)12-6-3-2-4-7-12/h2-9,11H,10H2,1H3,(H,15,16). The van der Waals surface area contributed by atoms with Crippen molar-refractivity contribution in [3.8, 4) is 0 Å². The highest BCUT2D eigenvalue weighted by Gasteiger charge is 2.20. The summed E-state index contributed by atoms with van der Waals surface area (Å²) < 4.78 is 24.1. The molecule has 0 radical (unpaired) electrons.